The predicted molar refractivity (Wildman–Crippen MR) is 254 cm³/mol. The number of carbonyl (C=O) groups is 6. The fourth-order valence-electron chi connectivity index (χ4n) is 6.86. The molecule has 0 fully saturated rings. The quantitative estimate of drug-likeness (QED) is 0.0316. The summed E-state index contributed by atoms with van der Waals surface area (Å²) in [5.41, 5.74) is 3.76. The molecule has 0 aliphatic carbocycles. The number of hydrogen-bond acceptors (Lipinski definition) is 12. The minimum atomic E-state index is -1.44. The Bertz CT molecular complexity index is 2480. The molecule has 4 atom stereocenters. The summed E-state index contributed by atoms with van der Waals surface area (Å²) < 4.78 is 27.1. The van der Waals surface area contributed by atoms with E-state index in [4.69, 9.17) is 23.7 Å². The molecule has 0 saturated heterocycles. The van der Waals surface area contributed by atoms with Crippen LogP contribution in [0.15, 0.2) is 133 Å². The van der Waals surface area contributed by atoms with Crippen LogP contribution in [0, 0.1) is 0 Å². The van der Waals surface area contributed by atoms with Crippen molar-refractivity contribution in [2.45, 2.75) is 89.7 Å². The zero-order valence-electron chi connectivity index (χ0n) is 38.8. The summed E-state index contributed by atoms with van der Waals surface area (Å²) in [7, 11) is 1.16. The lowest BCUT2D eigenvalue weighted by molar-refractivity contribution is -0.145. The number of hydrogen-bond donors (Lipinski definition) is 6. The van der Waals surface area contributed by atoms with Crippen molar-refractivity contribution < 1.29 is 62.7 Å². The summed E-state index contributed by atoms with van der Waals surface area (Å²) in [6, 6.07) is 35.5. The molecule has 17 nitrogen and oxygen atoms in total. The highest BCUT2D eigenvalue weighted by Gasteiger charge is 2.31. The van der Waals surface area contributed by atoms with E-state index in [-0.39, 0.29) is 39.2 Å². The first-order valence-corrected chi connectivity index (χ1v) is 22.1. The molecule has 4 amide bonds. The molecule has 0 aromatic heterocycles. The van der Waals surface area contributed by atoms with Crippen LogP contribution in [-0.4, -0.2) is 89.8 Å². The van der Waals surface area contributed by atoms with Gasteiger partial charge in [-0.05, 0) is 71.8 Å². The van der Waals surface area contributed by atoms with Gasteiger partial charge >= 0.3 is 30.2 Å². The van der Waals surface area contributed by atoms with Gasteiger partial charge in [-0.25, -0.2) is 24.0 Å². The lowest BCUT2D eigenvalue weighted by atomic mass is 9.96. The van der Waals surface area contributed by atoms with Crippen molar-refractivity contribution in [1.82, 2.24) is 21.3 Å². The Morgan fingerprint density at radius 1 is 0.580 bits per heavy atom. The Morgan fingerprint density at radius 2 is 1.13 bits per heavy atom. The number of aliphatic hydroxyl groups is 1. The van der Waals surface area contributed by atoms with Gasteiger partial charge in [-0.3, -0.25) is 4.79 Å². The van der Waals surface area contributed by atoms with Crippen molar-refractivity contribution in [3.05, 3.63) is 161 Å². The maximum Gasteiger partial charge on any atom is 0.408 e. The van der Waals surface area contributed by atoms with Crippen molar-refractivity contribution in [2.75, 3.05) is 13.7 Å². The van der Waals surface area contributed by atoms with Crippen LogP contribution in [0.25, 0.3) is 11.1 Å². The van der Waals surface area contributed by atoms with Gasteiger partial charge in [0.25, 0.3) is 0 Å². The van der Waals surface area contributed by atoms with Crippen LogP contribution < -0.4 is 26.0 Å². The number of aliphatic carboxylic acids is 1. The zero-order chi connectivity index (χ0) is 49.8. The third-order valence-corrected chi connectivity index (χ3v) is 10.2. The van der Waals surface area contributed by atoms with Gasteiger partial charge in [0.2, 0.25) is 5.91 Å². The third kappa shape index (κ3) is 18.0. The summed E-state index contributed by atoms with van der Waals surface area (Å²) in [4.78, 5) is 77.8. The first-order valence-electron chi connectivity index (χ1n) is 22.1. The van der Waals surface area contributed by atoms with Gasteiger partial charge < -0.3 is 55.2 Å². The summed E-state index contributed by atoms with van der Waals surface area (Å²) in [5.74, 6) is -2.56. The molecule has 2 unspecified atom stereocenters. The topological polar surface area (TPSA) is 237 Å². The molecular formula is C52H58N4O13. The maximum absolute atomic E-state index is 13.9. The summed E-state index contributed by atoms with van der Waals surface area (Å²) >= 11 is 0. The molecule has 0 bridgehead atoms. The van der Waals surface area contributed by atoms with Crippen molar-refractivity contribution in [2.24, 2.45) is 0 Å². The number of amides is 4. The summed E-state index contributed by atoms with van der Waals surface area (Å²) in [6.07, 6.45) is -4.69. The first kappa shape index (κ1) is 52.1. The molecule has 0 saturated carbocycles. The lowest BCUT2D eigenvalue weighted by Gasteiger charge is -2.26. The number of ether oxygens (including phenoxy) is 5. The van der Waals surface area contributed by atoms with Gasteiger partial charge in [-0.2, -0.15) is 0 Å². The normalized spacial score (nSPS) is 12.7. The molecular weight excluding hydrogens is 889 g/mol. The molecule has 0 aliphatic rings. The fraction of sp³-hybridized carbons (Fsp3) is 0.308. The number of methoxy groups -OCH3 is 1. The Morgan fingerprint density at radius 3 is 1.71 bits per heavy atom. The highest BCUT2D eigenvalue weighted by Crippen LogP contribution is 2.30. The Labute approximate surface area is 400 Å². The molecule has 5 aromatic carbocycles. The second kappa shape index (κ2) is 25.8. The number of carboxylic acid groups (broad SMARTS) is 1. The van der Waals surface area contributed by atoms with E-state index in [2.05, 4.69) is 21.3 Å². The minimum absolute atomic E-state index is 0.0101. The van der Waals surface area contributed by atoms with Gasteiger partial charge in [0.1, 0.15) is 49.3 Å². The molecule has 0 aliphatic heterocycles. The Hall–Kier alpha value is -7.92. The van der Waals surface area contributed by atoms with E-state index in [1.54, 1.807) is 112 Å². The molecule has 0 radical (unpaired) electrons. The van der Waals surface area contributed by atoms with Crippen LogP contribution in [0.2, 0.25) is 0 Å². The number of carbonyl (C=O) groups excluding carboxylic acids is 5. The lowest BCUT2D eigenvalue weighted by Crippen LogP contribution is -2.54. The average molecular weight is 947 g/mol. The number of aliphatic hydroxyl groups excluding tert-OH is 1. The number of benzene rings is 5. The highest BCUT2D eigenvalue weighted by atomic mass is 16.6. The largest absolute Gasteiger partial charge is 0.489 e. The SMILES string of the molecule is COC(=O)[C@H](Cc1cccc(-c2ccc(OCc3ccccc3)c(C[C@H](NC(=O)OCc3ccccc3)C(=O)O)c2)c1)NC(=O)C(CC(O)CNC(=O)OCc1ccccc1)NC(=O)OC(C)(C)C. The van der Waals surface area contributed by atoms with Crippen LogP contribution in [0.3, 0.4) is 0 Å². The molecule has 5 aromatic rings. The van der Waals surface area contributed by atoms with Crippen LogP contribution in [-0.2, 0) is 66.0 Å². The number of nitrogens with one attached hydrogen (secondary N) is 4. The van der Waals surface area contributed by atoms with E-state index >= 15 is 0 Å². The van der Waals surface area contributed by atoms with Gasteiger partial charge in [-0.1, -0.05) is 121 Å². The van der Waals surface area contributed by atoms with E-state index in [1.165, 1.54) is 0 Å². The molecule has 17 heteroatoms. The zero-order valence-corrected chi connectivity index (χ0v) is 38.8. The Kier molecular flexibility index (Phi) is 19.5. The number of alkyl carbamates (subject to hydrolysis) is 3. The number of esters is 1. The van der Waals surface area contributed by atoms with E-state index in [1.807, 2.05) is 42.5 Å². The first-order chi connectivity index (χ1) is 33.0. The van der Waals surface area contributed by atoms with E-state index in [0.29, 0.717) is 28.0 Å². The van der Waals surface area contributed by atoms with Crippen LogP contribution in [0.4, 0.5) is 14.4 Å². The van der Waals surface area contributed by atoms with E-state index in [9.17, 15) is 39.0 Å². The Balaban J connectivity index is 1.32. The predicted octanol–water partition coefficient (Wildman–Crippen LogP) is 6.63. The molecule has 5 rings (SSSR count). The van der Waals surface area contributed by atoms with Crippen LogP contribution in [0.1, 0.15) is 55.0 Å². The van der Waals surface area contributed by atoms with Gasteiger partial charge in [0.15, 0.2) is 0 Å². The smallest absolute Gasteiger partial charge is 0.408 e. The van der Waals surface area contributed by atoms with Crippen molar-refractivity contribution in [1.29, 1.82) is 0 Å². The third-order valence-electron chi connectivity index (χ3n) is 10.2. The second-order valence-corrected chi connectivity index (χ2v) is 16.9. The van der Waals surface area contributed by atoms with Crippen molar-refractivity contribution in [3.8, 4) is 16.9 Å². The standard InChI is InChI=1S/C52H58N4O13/c1-52(2,3)69-51(64)55-42(29-41(57)30-53-49(62)67-32-35-17-10-6-11-18-35)46(58)54-44(48(61)65-4)26-37-21-14-22-38(25-37)39-23-24-45(66-31-34-15-8-5-9-16-34)40(27-39)28-43(47(59)60)56-50(63)68-33-36-19-12-7-13-20-36/h5-25,27,41-44,57H,26,28-33H2,1-4H3,(H,53,62)(H,54,58)(H,55,64)(H,56,63)(H,59,60)/t41?,42?,43-,44-/m0/s1. The summed E-state index contributed by atoms with van der Waals surface area (Å²) in [5, 5.41) is 31.1. The van der Waals surface area contributed by atoms with Gasteiger partial charge in [0, 0.05) is 25.8 Å². The molecule has 6 N–H and O–H groups in total. The highest BCUT2D eigenvalue weighted by molar-refractivity contribution is 5.90. The monoisotopic (exact) mass is 946 g/mol. The van der Waals surface area contributed by atoms with Crippen LogP contribution in [0.5, 0.6) is 5.75 Å². The molecule has 69 heavy (non-hydrogen) atoms. The number of carboxylic acids is 1. The van der Waals surface area contributed by atoms with Crippen molar-refractivity contribution in [3.63, 3.8) is 0 Å². The van der Waals surface area contributed by atoms with E-state index in [0.717, 1.165) is 23.8 Å². The second-order valence-electron chi connectivity index (χ2n) is 16.9. The average Bonchev–Trinajstić information content (AvgIpc) is 3.33. The van der Waals surface area contributed by atoms with Gasteiger partial charge in [0.05, 0.1) is 13.2 Å². The molecule has 0 heterocycles. The van der Waals surface area contributed by atoms with Crippen molar-refractivity contribution >= 4 is 36.1 Å². The summed E-state index contributed by atoms with van der Waals surface area (Å²) in [6.45, 7) is 4.68. The van der Waals surface area contributed by atoms with Crippen LogP contribution >= 0.6 is 0 Å². The maximum atomic E-state index is 13.9. The number of rotatable bonds is 22. The van der Waals surface area contributed by atoms with E-state index < -0.39 is 72.4 Å². The molecule has 0 spiro atoms. The fourth-order valence-corrected chi connectivity index (χ4v) is 6.86. The van der Waals surface area contributed by atoms with Gasteiger partial charge in [-0.15, -0.1) is 0 Å². The molecule has 364 valence electrons. The minimum Gasteiger partial charge on any atom is -0.489 e.